The molecule has 3 rings (SSSR count). The zero-order valence-corrected chi connectivity index (χ0v) is 17.5. The van der Waals surface area contributed by atoms with E-state index >= 15 is 0 Å². The Hall–Kier alpha value is -2.40. The molecular weight excluding hydrogens is 415 g/mol. The van der Waals surface area contributed by atoms with Gasteiger partial charge in [0.15, 0.2) is 10.3 Å². The molecule has 11 heteroatoms. The van der Waals surface area contributed by atoms with Crippen molar-refractivity contribution in [3.63, 3.8) is 0 Å². The van der Waals surface area contributed by atoms with Gasteiger partial charge in [0.25, 0.3) is 5.91 Å². The molecule has 0 spiro atoms. The summed E-state index contributed by atoms with van der Waals surface area (Å²) in [6.45, 7) is 3.62. The maximum Gasteiger partial charge on any atom is 0.254 e. The molecule has 0 saturated heterocycles. The van der Waals surface area contributed by atoms with Crippen LogP contribution in [0.3, 0.4) is 0 Å². The van der Waals surface area contributed by atoms with Crippen LogP contribution in [0.5, 0.6) is 0 Å². The summed E-state index contributed by atoms with van der Waals surface area (Å²) in [5, 5.41) is 15.1. The van der Waals surface area contributed by atoms with Gasteiger partial charge in [-0.25, -0.2) is 4.39 Å². The van der Waals surface area contributed by atoms with Crippen molar-refractivity contribution < 1.29 is 14.0 Å². The minimum Gasteiger partial charge on any atom is -0.351 e. The molecule has 0 aliphatic carbocycles. The second-order valence-corrected chi connectivity index (χ2v) is 8.03. The first-order valence-corrected chi connectivity index (χ1v) is 11.1. The molecule has 2 heterocycles. The lowest BCUT2D eigenvalue weighted by molar-refractivity contribution is -0.117. The summed E-state index contributed by atoms with van der Waals surface area (Å²) in [7, 11) is 0. The fourth-order valence-corrected chi connectivity index (χ4v) is 4.22. The normalized spacial score (nSPS) is 13.2. The molecule has 1 aliphatic heterocycles. The Morgan fingerprint density at radius 3 is 2.86 bits per heavy atom. The van der Waals surface area contributed by atoms with E-state index in [2.05, 4.69) is 25.8 Å². The summed E-state index contributed by atoms with van der Waals surface area (Å²) in [5.74, 6) is 0.642. The van der Waals surface area contributed by atoms with Gasteiger partial charge in [0.05, 0.1) is 17.9 Å². The number of nitrogens with one attached hydrogen (secondary N) is 2. The van der Waals surface area contributed by atoms with Crippen LogP contribution in [-0.2, 0) is 17.8 Å². The number of nitrogens with zero attached hydrogens (tertiary/aromatic N) is 4. The third kappa shape index (κ3) is 5.80. The summed E-state index contributed by atoms with van der Waals surface area (Å²) in [6.07, 6.45) is 0.446. The molecule has 1 aromatic heterocycles. The molecule has 0 atom stereocenters. The minimum absolute atomic E-state index is 0.0109. The lowest BCUT2D eigenvalue weighted by atomic mass is 10.2. The summed E-state index contributed by atoms with van der Waals surface area (Å²) in [6, 6.07) is 5.84. The number of amides is 2. The quantitative estimate of drug-likeness (QED) is 0.611. The van der Waals surface area contributed by atoms with Crippen LogP contribution >= 0.6 is 23.5 Å². The van der Waals surface area contributed by atoms with E-state index in [0.717, 1.165) is 12.3 Å². The molecule has 0 saturated carbocycles. The third-order valence-electron chi connectivity index (χ3n) is 4.03. The van der Waals surface area contributed by atoms with Crippen molar-refractivity contribution in [2.45, 2.75) is 25.0 Å². The van der Waals surface area contributed by atoms with Crippen molar-refractivity contribution in [2.24, 2.45) is 4.99 Å². The lowest BCUT2D eigenvalue weighted by Gasteiger charge is -2.09. The summed E-state index contributed by atoms with van der Waals surface area (Å²) >= 11 is 2.83. The number of amidine groups is 1. The van der Waals surface area contributed by atoms with Gasteiger partial charge in [0.1, 0.15) is 11.6 Å². The first-order chi connectivity index (χ1) is 14.1. The number of aromatic nitrogens is 3. The molecule has 29 heavy (non-hydrogen) atoms. The smallest absolute Gasteiger partial charge is 0.254 e. The Kier molecular flexibility index (Phi) is 7.64. The Labute approximate surface area is 176 Å². The fraction of sp³-hybridized carbons (Fsp3) is 0.389. The van der Waals surface area contributed by atoms with Gasteiger partial charge >= 0.3 is 0 Å². The van der Waals surface area contributed by atoms with E-state index in [1.165, 1.54) is 41.7 Å². The second-order valence-electron chi connectivity index (χ2n) is 6.00. The van der Waals surface area contributed by atoms with E-state index in [4.69, 9.17) is 0 Å². The first-order valence-electron chi connectivity index (χ1n) is 9.13. The van der Waals surface area contributed by atoms with E-state index < -0.39 is 11.7 Å². The Morgan fingerprint density at radius 1 is 1.31 bits per heavy atom. The first kappa shape index (κ1) is 21.3. The van der Waals surface area contributed by atoms with Crippen molar-refractivity contribution in [1.29, 1.82) is 0 Å². The van der Waals surface area contributed by atoms with Gasteiger partial charge in [0.2, 0.25) is 5.91 Å². The molecule has 0 bridgehead atoms. The molecular formula is C18H21FN6O2S2. The largest absolute Gasteiger partial charge is 0.351 e. The highest BCUT2D eigenvalue weighted by Gasteiger charge is 2.16. The van der Waals surface area contributed by atoms with Crippen LogP contribution in [0.1, 0.15) is 23.1 Å². The second kappa shape index (κ2) is 10.4. The van der Waals surface area contributed by atoms with Crippen molar-refractivity contribution >= 4 is 40.5 Å². The summed E-state index contributed by atoms with van der Waals surface area (Å²) in [4.78, 5) is 28.3. The van der Waals surface area contributed by atoms with E-state index in [9.17, 15) is 14.0 Å². The summed E-state index contributed by atoms with van der Waals surface area (Å²) < 4.78 is 15.6. The molecule has 2 N–H and O–H groups in total. The number of hydrogen-bond acceptors (Lipinski definition) is 7. The van der Waals surface area contributed by atoms with Crippen LogP contribution in [0.4, 0.5) is 4.39 Å². The Morgan fingerprint density at radius 2 is 2.14 bits per heavy atom. The van der Waals surface area contributed by atoms with Crippen molar-refractivity contribution in [2.75, 3.05) is 24.6 Å². The standard InChI is InChI=1S/C18H21FN6O2S2/c1-2-25-14(7-8-20-16(27)12-5-3-4-6-13(12)19)23-24-18(25)29-11-15(26)22-17-21-9-10-28-17/h3-6H,2,7-11H2,1H3,(H,20,27)(H,21,22,26). The monoisotopic (exact) mass is 436 g/mol. The highest BCUT2D eigenvalue weighted by atomic mass is 32.2. The number of hydrogen-bond donors (Lipinski definition) is 2. The van der Waals surface area contributed by atoms with Crippen LogP contribution in [0.15, 0.2) is 34.4 Å². The molecule has 8 nitrogen and oxygen atoms in total. The van der Waals surface area contributed by atoms with Gasteiger partial charge in [0, 0.05) is 25.3 Å². The Balaban J connectivity index is 1.50. The number of carbonyl (C=O) groups is 2. The zero-order valence-electron chi connectivity index (χ0n) is 15.9. The van der Waals surface area contributed by atoms with Crippen LogP contribution in [-0.4, -0.2) is 56.3 Å². The average molecular weight is 437 g/mol. The van der Waals surface area contributed by atoms with E-state index in [1.54, 1.807) is 6.07 Å². The number of rotatable bonds is 8. The average Bonchev–Trinajstić information content (AvgIpc) is 3.36. The van der Waals surface area contributed by atoms with Crippen LogP contribution in [0.2, 0.25) is 0 Å². The maximum absolute atomic E-state index is 13.7. The third-order valence-corrected chi connectivity index (χ3v) is 5.88. The minimum atomic E-state index is -0.555. The predicted octanol–water partition coefficient (Wildman–Crippen LogP) is 1.72. The molecule has 154 valence electrons. The molecule has 0 radical (unpaired) electrons. The van der Waals surface area contributed by atoms with Crippen molar-refractivity contribution in [3.8, 4) is 0 Å². The molecule has 1 aliphatic rings. The molecule has 0 unspecified atom stereocenters. The highest BCUT2D eigenvalue weighted by molar-refractivity contribution is 8.14. The van der Waals surface area contributed by atoms with Crippen LogP contribution < -0.4 is 10.6 Å². The highest BCUT2D eigenvalue weighted by Crippen LogP contribution is 2.17. The van der Waals surface area contributed by atoms with Gasteiger partial charge in [-0.2, -0.15) is 0 Å². The lowest BCUT2D eigenvalue weighted by Crippen LogP contribution is -2.29. The number of halogens is 1. The number of aliphatic imine (C=N–C) groups is 1. The van der Waals surface area contributed by atoms with E-state index in [1.807, 2.05) is 11.5 Å². The predicted molar refractivity (Wildman–Crippen MR) is 112 cm³/mol. The maximum atomic E-state index is 13.7. The molecule has 1 aromatic carbocycles. The molecule has 2 aromatic rings. The van der Waals surface area contributed by atoms with Gasteiger partial charge in [-0.3, -0.25) is 14.6 Å². The van der Waals surface area contributed by atoms with Gasteiger partial charge in [-0.05, 0) is 19.1 Å². The number of thioether (sulfide) groups is 2. The summed E-state index contributed by atoms with van der Waals surface area (Å²) in [5.41, 5.74) is 0.0109. The van der Waals surface area contributed by atoms with E-state index in [-0.39, 0.29) is 17.2 Å². The molecule has 2 amide bonds. The van der Waals surface area contributed by atoms with Crippen molar-refractivity contribution in [1.82, 2.24) is 25.4 Å². The van der Waals surface area contributed by atoms with E-state index in [0.29, 0.717) is 35.7 Å². The topological polar surface area (TPSA) is 101 Å². The fourth-order valence-electron chi connectivity index (χ4n) is 2.65. The van der Waals surface area contributed by atoms with Crippen molar-refractivity contribution in [3.05, 3.63) is 41.5 Å². The Bertz CT molecular complexity index is 918. The molecule has 0 fully saturated rings. The SMILES string of the molecule is CCn1c(CCNC(=O)c2ccccc2F)nnc1SCC(=O)NC1=NCCS1. The van der Waals surface area contributed by atoms with Gasteiger partial charge in [-0.15, -0.1) is 10.2 Å². The van der Waals surface area contributed by atoms with Crippen LogP contribution in [0.25, 0.3) is 0 Å². The zero-order chi connectivity index (χ0) is 20.6. The number of carbonyl (C=O) groups excluding carboxylic acids is 2. The number of benzene rings is 1. The van der Waals surface area contributed by atoms with Gasteiger partial charge < -0.3 is 15.2 Å². The van der Waals surface area contributed by atoms with Gasteiger partial charge in [-0.1, -0.05) is 35.7 Å². The van der Waals surface area contributed by atoms with Crippen LogP contribution in [0, 0.1) is 5.82 Å².